The summed E-state index contributed by atoms with van der Waals surface area (Å²) in [7, 11) is 0. The van der Waals surface area contributed by atoms with Gasteiger partial charge in [0.1, 0.15) is 18.2 Å². The van der Waals surface area contributed by atoms with Gasteiger partial charge in [-0.3, -0.25) is 0 Å². The molecule has 0 bridgehead atoms. The fourth-order valence-electron chi connectivity index (χ4n) is 1.40. The van der Waals surface area contributed by atoms with Crippen LogP contribution < -0.4 is 10.5 Å². The Morgan fingerprint density at radius 1 is 1.29 bits per heavy atom. The van der Waals surface area contributed by atoms with Gasteiger partial charge in [0.25, 0.3) is 0 Å². The lowest BCUT2D eigenvalue weighted by Gasteiger charge is -2.07. The Labute approximate surface area is 108 Å². The smallest absolute Gasteiger partial charge is 0.219 e. The molecule has 2 N–H and O–H groups in total. The molecule has 0 saturated carbocycles. The normalized spacial score (nSPS) is 10.2. The first-order valence-electron chi connectivity index (χ1n) is 5.12. The highest BCUT2D eigenvalue weighted by Gasteiger charge is 2.03. The molecule has 0 radical (unpaired) electrons. The zero-order valence-electron chi connectivity index (χ0n) is 9.35. The second-order valence-corrected chi connectivity index (χ2v) is 4.41. The van der Waals surface area contributed by atoms with Crippen LogP contribution in [0.15, 0.2) is 34.8 Å². The Morgan fingerprint density at radius 2 is 2.06 bits per heavy atom. The van der Waals surface area contributed by atoms with Crippen LogP contribution in [-0.4, -0.2) is 9.97 Å². The molecular formula is C12H12BrN3O. The standard InChI is InChI=1S/C12H12BrN3O/c1-8-15-11(14)6-12(16-8)17-7-9-4-2-3-5-10(9)13/h2-6H,7H2,1H3,(H2,14,15,16). The van der Waals surface area contributed by atoms with Gasteiger partial charge in [0.05, 0.1) is 0 Å². The highest BCUT2D eigenvalue weighted by molar-refractivity contribution is 9.10. The third-order valence-corrected chi connectivity index (χ3v) is 2.94. The Bertz CT molecular complexity index is 511. The molecule has 4 nitrogen and oxygen atoms in total. The van der Waals surface area contributed by atoms with Crippen molar-refractivity contribution < 1.29 is 4.74 Å². The highest BCUT2D eigenvalue weighted by Crippen LogP contribution is 2.18. The molecule has 0 fully saturated rings. The maximum absolute atomic E-state index is 5.62. The number of hydrogen-bond donors (Lipinski definition) is 1. The Morgan fingerprint density at radius 3 is 2.76 bits per heavy atom. The maximum Gasteiger partial charge on any atom is 0.219 e. The first kappa shape index (κ1) is 11.9. The molecule has 0 aliphatic heterocycles. The third kappa shape index (κ3) is 3.17. The van der Waals surface area contributed by atoms with Gasteiger partial charge in [-0.15, -0.1) is 0 Å². The van der Waals surface area contributed by atoms with Gasteiger partial charge in [-0.05, 0) is 13.0 Å². The van der Waals surface area contributed by atoms with E-state index in [1.165, 1.54) is 0 Å². The maximum atomic E-state index is 5.62. The quantitative estimate of drug-likeness (QED) is 0.945. The van der Waals surface area contributed by atoms with Gasteiger partial charge in [0.2, 0.25) is 5.88 Å². The number of aromatic nitrogens is 2. The fourth-order valence-corrected chi connectivity index (χ4v) is 1.80. The second-order valence-electron chi connectivity index (χ2n) is 3.56. The van der Waals surface area contributed by atoms with Crippen LogP contribution in [0.4, 0.5) is 5.82 Å². The summed E-state index contributed by atoms with van der Waals surface area (Å²) in [5.41, 5.74) is 6.68. The minimum absolute atomic E-state index is 0.416. The fraction of sp³-hybridized carbons (Fsp3) is 0.167. The minimum Gasteiger partial charge on any atom is -0.473 e. The van der Waals surface area contributed by atoms with Crippen LogP contribution >= 0.6 is 15.9 Å². The van der Waals surface area contributed by atoms with E-state index < -0.39 is 0 Å². The molecule has 0 amide bonds. The number of nitrogens with zero attached hydrogens (tertiary/aromatic N) is 2. The van der Waals surface area contributed by atoms with Crippen molar-refractivity contribution in [3.8, 4) is 5.88 Å². The molecule has 1 aromatic heterocycles. The largest absolute Gasteiger partial charge is 0.473 e. The van der Waals surface area contributed by atoms with E-state index in [0.717, 1.165) is 10.0 Å². The number of hydrogen-bond acceptors (Lipinski definition) is 4. The number of ether oxygens (including phenoxy) is 1. The van der Waals surface area contributed by atoms with Crippen molar-refractivity contribution >= 4 is 21.7 Å². The first-order chi connectivity index (χ1) is 8.15. The predicted octanol–water partition coefficient (Wildman–Crippen LogP) is 2.71. The number of nitrogens with two attached hydrogens (primary N) is 1. The second kappa shape index (κ2) is 5.14. The summed E-state index contributed by atoms with van der Waals surface area (Å²) in [5.74, 6) is 1.51. The molecule has 2 aromatic rings. The van der Waals surface area contributed by atoms with Crippen LogP contribution in [-0.2, 0) is 6.61 Å². The van der Waals surface area contributed by atoms with Crippen LogP contribution in [0.5, 0.6) is 5.88 Å². The van der Waals surface area contributed by atoms with Crippen molar-refractivity contribution in [3.63, 3.8) is 0 Å². The lowest BCUT2D eigenvalue weighted by molar-refractivity contribution is 0.292. The molecule has 88 valence electrons. The molecular weight excluding hydrogens is 282 g/mol. The zero-order chi connectivity index (χ0) is 12.3. The van der Waals surface area contributed by atoms with E-state index >= 15 is 0 Å². The number of anilines is 1. The molecule has 0 saturated heterocycles. The lowest BCUT2D eigenvalue weighted by atomic mass is 10.2. The van der Waals surface area contributed by atoms with Crippen molar-refractivity contribution in [1.82, 2.24) is 9.97 Å². The number of halogens is 1. The van der Waals surface area contributed by atoms with E-state index in [9.17, 15) is 0 Å². The minimum atomic E-state index is 0.416. The number of benzene rings is 1. The van der Waals surface area contributed by atoms with E-state index in [1.807, 2.05) is 24.3 Å². The molecule has 0 atom stereocenters. The zero-order valence-corrected chi connectivity index (χ0v) is 10.9. The molecule has 1 heterocycles. The van der Waals surface area contributed by atoms with E-state index in [1.54, 1.807) is 13.0 Å². The van der Waals surface area contributed by atoms with Gasteiger partial charge >= 0.3 is 0 Å². The summed E-state index contributed by atoms with van der Waals surface area (Å²) in [6.07, 6.45) is 0. The number of nitrogen functional groups attached to an aromatic ring is 1. The average Bonchev–Trinajstić information content (AvgIpc) is 2.27. The summed E-state index contributed by atoms with van der Waals surface area (Å²) < 4.78 is 6.59. The summed E-state index contributed by atoms with van der Waals surface area (Å²) in [6.45, 7) is 2.22. The Hall–Kier alpha value is -1.62. The SMILES string of the molecule is Cc1nc(N)cc(OCc2ccccc2Br)n1. The lowest BCUT2D eigenvalue weighted by Crippen LogP contribution is -2.02. The van der Waals surface area contributed by atoms with E-state index in [4.69, 9.17) is 10.5 Å². The van der Waals surface area contributed by atoms with Gasteiger partial charge in [0, 0.05) is 16.1 Å². The summed E-state index contributed by atoms with van der Waals surface area (Å²) in [6, 6.07) is 9.49. The van der Waals surface area contributed by atoms with Crippen molar-refractivity contribution in [2.24, 2.45) is 0 Å². The number of rotatable bonds is 3. The third-order valence-electron chi connectivity index (χ3n) is 2.17. The van der Waals surface area contributed by atoms with Crippen LogP contribution in [0.1, 0.15) is 11.4 Å². The molecule has 0 aliphatic rings. The van der Waals surface area contributed by atoms with Crippen LogP contribution in [0, 0.1) is 6.92 Å². The molecule has 1 aromatic carbocycles. The first-order valence-corrected chi connectivity index (χ1v) is 5.92. The van der Waals surface area contributed by atoms with Crippen molar-refractivity contribution in [2.45, 2.75) is 13.5 Å². The highest BCUT2D eigenvalue weighted by atomic mass is 79.9. The average molecular weight is 294 g/mol. The summed E-state index contributed by atoms with van der Waals surface area (Å²) >= 11 is 3.46. The van der Waals surface area contributed by atoms with Crippen LogP contribution in [0.2, 0.25) is 0 Å². The van der Waals surface area contributed by atoms with Crippen LogP contribution in [0.3, 0.4) is 0 Å². The summed E-state index contributed by atoms with van der Waals surface area (Å²) in [4.78, 5) is 8.13. The predicted molar refractivity (Wildman–Crippen MR) is 69.7 cm³/mol. The monoisotopic (exact) mass is 293 g/mol. The van der Waals surface area contributed by atoms with Gasteiger partial charge in [-0.25, -0.2) is 4.98 Å². The molecule has 17 heavy (non-hydrogen) atoms. The molecule has 0 spiro atoms. The van der Waals surface area contributed by atoms with E-state index in [2.05, 4.69) is 25.9 Å². The van der Waals surface area contributed by atoms with Crippen molar-refractivity contribution in [2.75, 3.05) is 5.73 Å². The van der Waals surface area contributed by atoms with E-state index in [0.29, 0.717) is 24.1 Å². The Kier molecular flexibility index (Phi) is 3.58. The van der Waals surface area contributed by atoms with Gasteiger partial charge in [0.15, 0.2) is 0 Å². The van der Waals surface area contributed by atoms with Crippen LogP contribution in [0.25, 0.3) is 0 Å². The molecule has 0 unspecified atom stereocenters. The van der Waals surface area contributed by atoms with E-state index in [-0.39, 0.29) is 0 Å². The molecule has 0 aliphatic carbocycles. The number of aryl methyl sites for hydroxylation is 1. The van der Waals surface area contributed by atoms with Crippen molar-refractivity contribution in [3.05, 3.63) is 46.2 Å². The van der Waals surface area contributed by atoms with Gasteiger partial charge in [-0.1, -0.05) is 34.1 Å². The molecule has 5 heteroatoms. The summed E-state index contributed by atoms with van der Waals surface area (Å²) in [5, 5.41) is 0. The molecule has 2 rings (SSSR count). The van der Waals surface area contributed by atoms with Crippen molar-refractivity contribution in [1.29, 1.82) is 0 Å². The topological polar surface area (TPSA) is 61.0 Å². The van der Waals surface area contributed by atoms with Gasteiger partial charge < -0.3 is 10.5 Å². The van der Waals surface area contributed by atoms with Gasteiger partial charge in [-0.2, -0.15) is 4.98 Å². The Balaban J connectivity index is 2.10.